The summed E-state index contributed by atoms with van der Waals surface area (Å²) >= 11 is 3.51. The van der Waals surface area contributed by atoms with Crippen molar-refractivity contribution in [2.24, 2.45) is 0 Å². The third-order valence-corrected chi connectivity index (χ3v) is 4.50. The van der Waals surface area contributed by atoms with E-state index in [0.29, 0.717) is 11.3 Å². The first-order chi connectivity index (χ1) is 12.5. The maximum absolute atomic E-state index is 12.0. The van der Waals surface area contributed by atoms with Crippen molar-refractivity contribution in [1.82, 2.24) is 0 Å². The summed E-state index contributed by atoms with van der Waals surface area (Å²) in [4.78, 5) is 23.7. The summed E-state index contributed by atoms with van der Waals surface area (Å²) in [5, 5.41) is 0.771. The standard InChI is InChI=1S/C20H17BrO5/c1-3-24-20(23)12(2)25-13-8-9-15-16(11-19(22)26-18(15)10-13)14-6-4-5-7-17(14)21/h4-12H,3H2,1-2H3. The third-order valence-electron chi connectivity index (χ3n) is 3.81. The molecule has 0 radical (unpaired) electrons. The molecule has 0 aliphatic heterocycles. The second-order valence-electron chi connectivity index (χ2n) is 5.63. The number of carbonyl (C=O) groups is 1. The minimum atomic E-state index is -0.759. The minimum absolute atomic E-state index is 0.286. The van der Waals surface area contributed by atoms with E-state index in [1.165, 1.54) is 6.07 Å². The second kappa shape index (κ2) is 7.74. The van der Waals surface area contributed by atoms with Crippen LogP contribution in [-0.2, 0) is 9.53 Å². The molecule has 26 heavy (non-hydrogen) atoms. The number of rotatable bonds is 5. The summed E-state index contributed by atoms with van der Waals surface area (Å²) in [5.74, 6) is -0.0264. The zero-order valence-electron chi connectivity index (χ0n) is 14.3. The maximum Gasteiger partial charge on any atom is 0.347 e. The van der Waals surface area contributed by atoms with E-state index < -0.39 is 17.7 Å². The molecule has 0 aliphatic rings. The summed E-state index contributed by atoms with van der Waals surface area (Å²) in [5.41, 5.74) is 1.57. The quantitative estimate of drug-likeness (QED) is 0.450. The number of hydrogen-bond acceptors (Lipinski definition) is 5. The number of esters is 1. The minimum Gasteiger partial charge on any atom is -0.479 e. The summed E-state index contributed by atoms with van der Waals surface area (Å²) in [7, 11) is 0. The van der Waals surface area contributed by atoms with Crippen LogP contribution >= 0.6 is 15.9 Å². The van der Waals surface area contributed by atoms with Crippen LogP contribution in [0.4, 0.5) is 0 Å². The van der Waals surface area contributed by atoms with Gasteiger partial charge in [-0.2, -0.15) is 0 Å². The van der Waals surface area contributed by atoms with E-state index in [4.69, 9.17) is 13.9 Å². The molecule has 0 aliphatic carbocycles. The number of benzene rings is 2. The molecule has 3 aromatic rings. The van der Waals surface area contributed by atoms with Crippen LogP contribution in [0.2, 0.25) is 0 Å². The third kappa shape index (κ3) is 3.80. The fraction of sp³-hybridized carbons (Fsp3) is 0.200. The molecule has 5 nitrogen and oxygen atoms in total. The lowest BCUT2D eigenvalue weighted by Gasteiger charge is -2.14. The van der Waals surface area contributed by atoms with E-state index in [1.807, 2.05) is 24.3 Å². The van der Waals surface area contributed by atoms with Gasteiger partial charge in [-0.25, -0.2) is 9.59 Å². The zero-order valence-corrected chi connectivity index (χ0v) is 15.9. The van der Waals surface area contributed by atoms with Crippen molar-refractivity contribution < 1.29 is 18.7 Å². The number of halogens is 1. The Labute approximate surface area is 158 Å². The highest BCUT2D eigenvalue weighted by molar-refractivity contribution is 9.10. The largest absolute Gasteiger partial charge is 0.479 e. The number of fused-ring (bicyclic) bond motifs is 1. The fourth-order valence-electron chi connectivity index (χ4n) is 2.63. The van der Waals surface area contributed by atoms with E-state index in [0.717, 1.165) is 21.0 Å². The lowest BCUT2D eigenvalue weighted by atomic mass is 10.0. The van der Waals surface area contributed by atoms with Crippen molar-refractivity contribution in [2.45, 2.75) is 20.0 Å². The van der Waals surface area contributed by atoms with Crippen LogP contribution in [0.15, 0.2) is 62.2 Å². The molecule has 6 heteroatoms. The monoisotopic (exact) mass is 416 g/mol. The molecule has 1 atom stereocenters. The van der Waals surface area contributed by atoms with Crippen LogP contribution in [0.25, 0.3) is 22.1 Å². The van der Waals surface area contributed by atoms with Crippen molar-refractivity contribution in [3.63, 3.8) is 0 Å². The van der Waals surface area contributed by atoms with Crippen molar-refractivity contribution >= 4 is 32.9 Å². The van der Waals surface area contributed by atoms with Gasteiger partial charge < -0.3 is 13.9 Å². The Bertz CT molecular complexity index is 1010. The van der Waals surface area contributed by atoms with Gasteiger partial charge in [0.25, 0.3) is 0 Å². The van der Waals surface area contributed by atoms with Gasteiger partial charge in [-0.1, -0.05) is 34.1 Å². The Hall–Kier alpha value is -2.60. The molecular formula is C20H17BrO5. The Morgan fingerprint density at radius 2 is 1.92 bits per heavy atom. The fourth-order valence-corrected chi connectivity index (χ4v) is 3.13. The van der Waals surface area contributed by atoms with Crippen molar-refractivity contribution in [1.29, 1.82) is 0 Å². The molecule has 0 N–H and O–H groups in total. The molecule has 134 valence electrons. The molecule has 0 spiro atoms. The van der Waals surface area contributed by atoms with Crippen LogP contribution in [0.1, 0.15) is 13.8 Å². The normalized spacial score (nSPS) is 12.0. The van der Waals surface area contributed by atoms with Crippen molar-refractivity contribution in [3.8, 4) is 16.9 Å². The molecule has 1 heterocycles. The first-order valence-electron chi connectivity index (χ1n) is 8.15. The van der Waals surface area contributed by atoms with Gasteiger partial charge in [-0.05, 0) is 37.6 Å². The van der Waals surface area contributed by atoms with E-state index in [2.05, 4.69) is 15.9 Å². The van der Waals surface area contributed by atoms with Gasteiger partial charge >= 0.3 is 11.6 Å². The molecule has 1 unspecified atom stereocenters. The topological polar surface area (TPSA) is 65.7 Å². The van der Waals surface area contributed by atoms with Gasteiger partial charge in [0.1, 0.15) is 11.3 Å². The Morgan fingerprint density at radius 3 is 2.65 bits per heavy atom. The number of ether oxygens (including phenoxy) is 2. The molecular weight excluding hydrogens is 400 g/mol. The average Bonchev–Trinajstić information content (AvgIpc) is 2.61. The molecule has 2 aromatic carbocycles. The van der Waals surface area contributed by atoms with Gasteiger partial charge in [-0.15, -0.1) is 0 Å². The van der Waals surface area contributed by atoms with E-state index >= 15 is 0 Å². The lowest BCUT2D eigenvalue weighted by Crippen LogP contribution is -2.26. The molecule has 0 amide bonds. The highest BCUT2D eigenvalue weighted by Crippen LogP contribution is 2.34. The molecule has 0 saturated carbocycles. The summed E-state index contributed by atoms with van der Waals surface area (Å²) < 4.78 is 16.7. The van der Waals surface area contributed by atoms with Gasteiger partial charge in [-0.3, -0.25) is 0 Å². The van der Waals surface area contributed by atoms with Crippen molar-refractivity contribution in [2.75, 3.05) is 6.61 Å². The van der Waals surface area contributed by atoms with Crippen LogP contribution in [0, 0.1) is 0 Å². The molecule has 3 rings (SSSR count). The average molecular weight is 417 g/mol. The number of hydrogen-bond donors (Lipinski definition) is 0. The molecule has 0 bridgehead atoms. The summed E-state index contributed by atoms with van der Waals surface area (Å²) in [6.45, 7) is 3.63. The Balaban J connectivity index is 2.03. The predicted octanol–water partition coefficient (Wildman–Crippen LogP) is 4.55. The zero-order chi connectivity index (χ0) is 18.7. The van der Waals surface area contributed by atoms with Crippen LogP contribution in [0.5, 0.6) is 5.75 Å². The smallest absolute Gasteiger partial charge is 0.347 e. The maximum atomic E-state index is 12.0. The molecule has 1 aromatic heterocycles. The van der Waals surface area contributed by atoms with Crippen LogP contribution in [0.3, 0.4) is 0 Å². The van der Waals surface area contributed by atoms with Crippen molar-refractivity contribution in [3.05, 3.63) is 63.4 Å². The van der Waals surface area contributed by atoms with E-state index in [9.17, 15) is 9.59 Å². The first-order valence-corrected chi connectivity index (χ1v) is 8.95. The molecule has 0 fully saturated rings. The van der Waals surface area contributed by atoms with Gasteiger partial charge in [0, 0.05) is 27.6 Å². The van der Waals surface area contributed by atoms with E-state index in [-0.39, 0.29) is 6.61 Å². The SMILES string of the molecule is CCOC(=O)C(C)Oc1ccc2c(-c3ccccc3Br)cc(=O)oc2c1. The van der Waals surface area contributed by atoms with Crippen LogP contribution in [-0.4, -0.2) is 18.7 Å². The first kappa shape index (κ1) is 18.2. The summed E-state index contributed by atoms with van der Waals surface area (Å²) in [6.07, 6.45) is -0.759. The highest BCUT2D eigenvalue weighted by atomic mass is 79.9. The second-order valence-corrected chi connectivity index (χ2v) is 6.48. The summed E-state index contributed by atoms with van der Waals surface area (Å²) in [6, 6.07) is 14.2. The van der Waals surface area contributed by atoms with Crippen LogP contribution < -0.4 is 10.4 Å². The lowest BCUT2D eigenvalue weighted by molar-refractivity contribution is -0.150. The number of carbonyl (C=O) groups excluding carboxylic acids is 1. The van der Waals surface area contributed by atoms with E-state index in [1.54, 1.807) is 32.0 Å². The highest BCUT2D eigenvalue weighted by Gasteiger charge is 2.17. The van der Waals surface area contributed by atoms with Gasteiger partial charge in [0.15, 0.2) is 6.10 Å². The van der Waals surface area contributed by atoms with Gasteiger partial charge in [0.2, 0.25) is 0 Å². The molecule has 0 saturated heterocycles. The Morgan fingerprint density at radius 1 is 1.15 bits per heavy atom. The predicted molar refractivity (Wildman–Crippen MR) is 102 cm³/mol. The van der Waals surface area contributed by atoms with Gasteiger partial charge in [0.05, 0.1) is 6.61 Å². The Kier molecular flexibility index (Phi) is 5.42.